The Kier molecular flexibility index (Phi) is 12.8. The maximum atomic E-state index is 14.4. The van der Waals surface area contributed by atoms with Gasteiger partial charge < -0.3 is 43.4 Å². The number of ether oxygens (including phenoxy) is 7. The van der Waals surface area contributed by atoms with E-state index < -0.39 is 75.4 Å². The van der Waals surface area contributed by atoms with Gasteiger partial charge in [-0.25, -0.2) is 36.9 Å². The molecule has 0 aliphatic carbocycles. The molecule has 0 radical (unpaired) electrons. The largest absolute Gasteiger partial charge is 0.510 e. The molecule has 0 amide bonds. The van der Waals surface area contributed by atoms with Crippen molar-refractivity contribution in [2.75, 3.05) is 60.9 Å². The number of nitrogens with one attached hydrogen (secondary N) is 1. The van der Waals surface area contributed by atoms with Crippen LogP contribution in [0.1, 0.15) is 13.2 Å². The van der Waals surface area contributed by atoms with Gasteiger partial charge >= 0.3 is 25.8 Å². The number of alkyl halides is 1. The quantitative estimate of drug-likeness (QED) is 0.0914. The van der Waals surface area contributed by atoms with E-state index in [1.165, 1.54) is 14.2 Å². The van der Waals surface area contributed by atoms with E-state index in [2.05, 4.69) is 28.4 Å². The first-order chi connectivity index (χ1) is 19.3. The number of H-pyrrole nitrogens is 1. The van der Waals surface area contributed by atoms with Gasteiger partial charge in [0.25, 0.3) is 5.56 Å². The number of aliphatic hydroxyl groups is 2. The fourth-order valence-electron chi connectivity index (χ4n) is 3.16. The van der Waals surface area contributed by atoms with Crippen LogP contribution < -0.4 is 11.2 Å². The van der Waals surface area contributed by atoms with Crippen molar-refractivity contribution in [3.05, 3.63) is 33.1 Å². The molecule has 19 nitrogen and oxygen atoms in total. The number of hydrogen-bond acceptors (Lipinski definition) is 17. The molecule has 1 aromatic rings. The Morgan fingerprint density at radius 2 is 1.59 bits per heavy atom. The predicted octanol–water partition coefficient (Wildman–Crippen LogP) is -0.485. The number of halogens is 1. The van der Waals surface area contributed by atoms with Crippen molar-refractivity contribution in [1.29, 1.82) is 0 Å². The van der Waals surface area contributed by atoms with Gasteiger partial charge in [-0.3, -0.25) is 14.3 Å². The number of phosphoric ester groups is 1. The second kappa shape index (κ2) is 15.3. The van der Waals surface area contributed by atoms with Crippen molar-refractivity contribution in [2.45, 2.75) is 30.6 Å². The van der Waals surface area contributed by atoms with Gasteiger partial charge in [0.15, 0.2) is 6.23 Å². The van der Waals surface area contributed by atoms with Gasteiger partial charge in [-0.1, -0.05) is 0 Å². The molecule has 0 aromatic carbocycles. The number of methoxy groups -OCH3 is 2. The highest BCUT2D eigenvalue weighted by molar-refractivity contribution is 7.48. The van der Waals surface area contributed by atoms with E-state index in [1.54, 1.807) is 0 Å². The first-order valence-electron chi connectivity index (χ1n) is 11.5. The summed E-state index contributed by atoms with van der Waals surface area (Å²) in [6, 6.07) is 0.868. The number of aliphatic hydroxyl groups excluding tert-OH is 1. The molecule has 2 heterocycles. The second-order valence-electron chi connectivity index (χ2n) is 8.07. The van der Waals surface area contributed by atoms with Crippen molar-refractivity contribution in [1.82, 2.24) is 9.55 Å². The number of aromatic nitrogens is 2. The topological polar surface area (TPSA) is 239 Å². The van der Waals surface area contributed by atoms with Gasteiger partial charge in [0.2, 0.25) is 19.4 Å². The smallest absolute Gasteiger partial charge is 0.432 e. The Labute approximate surface area is 230 Å². The highest BCUT2D eigenvalue weighted by Gasteiger charge is 2.66. The number of rotatable bonds is 16. The summed E-state index contributed by atoms with van der Waals surface area (Å²) >= 11 is 0. The fraction of sp³-hybridized carbons (Fsp3) is 0.700. The van der Waals surface area contributed by atoms with Crippen LogP contribution in [-0.4, -0.2) is 110 Å². The summed E-state index contributed by atoms with van der Waals surface area (Å²) in [5.41, 5.74) is -4.46. The Balaban J connectivity index is 2.25. The van der Waals surface area contributed by atoms with Crippen LogP contribution >= 0.6 is 7.82 Å². The summed E-state index contributed by atoms with van der Waals surface area (Å²) in [5, 5.41) is 21.7. The maximum absolute atomic E-state index is 14.4. The van der Waals surface area contributed by atoms with Crippen LogP contribution in [0.3, 0.4) is 0 Å². The number of phosphoric acid groups is 1. The Bertz CT molecular complexity index is 1140. The van der Waals surface area contributed by atoms with Crippen LogP contribution in [0.4, 0.5) is 14.0 Å². The third kappa shape index (κ3) is 9.28. The van der Waals surface area contributed by atoms with Crippen LogP contribution in [-0.2, 0) is 51.3 Å². The monoisotopic (exact) mass is 620 g/mol. The minimum atomic E-state index is -5.25. The second-order valence-corrected chi connectivity index (χ2v) is 9.66. The van der Waals surface area contributed by atoms with Crippen molar-refractivity contribution < 1.29 is 75.5 Å². The van der Waals surface area contributed by atoms with Crippen LogP contribution in [0.15, 0.2) is 21.9 Å². The SMILES string of the molecule is COCCOC(=O)OCOP(=O)(OCOC(=O)OCCOC)O[C@@]1(CF)O[C@@H](n2ccc(=O)[nH]c2=O)[C@](C)(O)[C@@H]1O. The van der Waals surface area contributed by atoms with E-state index in [9.17, 15) is 38.3 Å². The molecule has 0 saturated carbocycles. The van der Waals surface area contributed by atoms with Crippen LogP contribution in [0.25, 0.3) is 0 Å². The van der Waals surface area contributed by atoms with E-state index in [1.807, 2.05) is 4.98 Å². The Hall–Kier alpha value is -2.94. The highest BCUT2D eigenvalue weighted by atomic mass is 31.2. The zero-order chi connectivity index (χ0) is 30.7. The lowest BCUT2D eigenvalue weighted by Crippen LogP contribution is -2.52. The van der Waals surface area contributed by atoms with Gasteiger partial charge in [0, 0.05) is 26.5 Å². The van der Waals surface area contributed by atoms with Crippen molar-refractivity contribution in [3.63, 3.8) is 0 Å². The molecule has 41 heavy (non-hydrogen) atoms. The molecule has 234 valence electrons. The third-order valence-corrected chi connectivity index (χ3v) is 6.50. The highest BCUT2D eigenvalue weighted by Crippen LogP contribution is 2.57. The third-order valence-electron chi connectivity index (χ3n) is 5.13. The summed E-state index contributed by atoms with van der Waals surface area (Å²) in [6.07, 6.45) is -6.08. The molecule has 1 aliphatic rings. The standard InChI is InChI=1S/C20H30FN2O17P/c1-19(29)14(25)20(10-21,39-15(19)23-5-4-13(24)22-16(23)26)40-41(30,37-11-35-17(27)33-8-6-31-2)38-12-36-18(28)34-9-7-32-3/h4-5,14-15,25,29H,6-12H2,1-3H3,(H,22,24,26)/t14-,15+,19+,20+/m0/s1. The zero-order valence-electron chi connectivity index (χ0n) is 22.0. The molecule has 1 aromatic heterocycles. The summed E-state index contributed by atoms with van der Waals surface area (Å²) in [6.45, 7) is -3.73. The Morgan fingerprint density at radius 3 is 2.05 bits per heavy atom. The van der Waals surface area contributed by atoms with Gasteiger partial charge in [-0.15, -0.1) is 0 Å². The minimum Gasteiger partial charge on any atom is -0.432 e. The van der Waals surface area contributed by atoms with E-state index in [0.29, 0.717) is 4.57 Å². The van der Waals surface area contributed by atoms with Gasteiger partial charge in [0.05, 0.1) is 13.2 Å². The van der Waals surface area contributed by atoms with E-state index in [0.717, 1.165) is 19.2 Å². The Morgan fingerprint density at radius 1 is 1.05 bits per heavy atom. The molecule has 3 N–H and O–H groups in total. The van der Waals surface area contributed by atoms with Gasteiger partial charge in [-0.05, 0) is 6.92 Å². The molecule has 1 fully saturated rings. The molecule has 0 unspecified atom stereocenters. The van der Waals surface area contributed by atoms with Crippen LogP contribution in [0.5, 0.6) is 0 Å². The lowest BCUT2D eigenvalue weighted by Gasteiger charge is -2.32. The summed E-state index contributed by atoms with van der Waals surface area (Å²) in [5.74, 6) is -3.06. The number of aromatic amines is 1. The number of nitrogens with zero attached hydrogens (tertiary/aromatic N) is 1. The molecule has 4 atom stereocenters. The van der Waals surface area contributed by atoms with Crippen molar-refractivity contribution in [2.24, 2.45) is 0 Å². The molecule has 1 aliphatic heterocycles. The number of carbonyl (C=O) groups excluding carboxylic acids is 2. The molecular weight excluding hydrogens is 590 g/mol. The lowest BCUT2D eigenvalue weighted by atomic mass is 9.95. The summed E-state index contributed by atoms with van der Waals surface area (Å²) < 4.78 is 76.2. The normalized spacial score (nSPS) is 24.1. The number of hydrogen-bond donors (Lipinski definition) is 3. The van der Waals surface area contributed by atoms with Crippen LogP contribution in [0.2, 0.25) is 0 Å². The number of carbonyl (C=O) groups is 2. The van der Waals surface area contributed by atoms with E-state index >= 15 is 0 Å². The zero-order valence-corrected chi connectivity index (χ0v) is 22.9. The summed E-state index contributed by atoms with van der Waals surface area (Å²) in [4.78, 5) is 48.8. The molecule has 1 saturated heterocycles. The van der Waals surface area contributed by atoms with Gasteiger partial charge in [0.1, 0.15) is 31.6 Å². The van der Waals surface area contributed by atoms with Gasteiger partial charge in [-0.2, -0.15) is 0 Å². The van der Waals surface area contributed by atoms with Crippen molar-refractivity contribution in [3.8, 4) is 0 Å². The molecule has 21 heteroatoms. The predicted molar refractivity (Wildman–Crippen MR) is 126 cm³/mol. The van der Waals surface area contributed by atoms with Crippen molar-refractivity contribution >= 4 is 20.1 Å². The average molecular weight is 620 g/mol. The fourth-order valence-corrected chi connectivity index (χ4v) is 4.27. The molecule has 0 spiro atoms. The van der Waals surface area contributed by atoms with E-state index in [-0.39, 0.29) is 26.4 Å². The minimum absolute atomic E-state index is 0.0201. The molecule has 0 bridgehead atoms. The first-order valence-corrected chi connectivity index (χ1v) is 12.9. The molecule has 2 rings (SSSR count). The average Bonchev–Trinajstić information content (AvgIpc) is 3.10. The van der Waals surface area contributed by atoms with E-state index in [4.69, 9.17) is 18.3 Å². The maximum Gasteiger partial charge on any atom is 0.510 e. The molecular formula is C20H30FN2O17P. The first kappa shape index (κ1) is 34.3. The lowest BCUT2D eigenvalue weighted by molar-refractivity contribution is -0.239. The summed E-state index contributed by atoms with van der Waals surface area (Å²) in [7, 11) is -2.57. The van der Waals surface area contributed by atoms with Crippen LogP contribution in [0, 0.1) is 0 Å².